The van der Waals surface area contributed by atoms with Gasteiger partial charge in [-0.3, -0.25) is 4.79 Å². The molecule has 2 rings (SSSR count). The van der Waals surface area contributed by atoms with E-state index in [1.807, 2.05) is 12.1 Å². The number of carbonyl (C=O) groups is 1. The lowest BCUT2D eigenvalue weighted by atomic mass is 10.1. The van der Waals surface area contributed by atoms with Crippen molar-refractivity contribution in [3.8, 4) is 0 Å². The zero-order valence-electron chi connectivity index (χ0n) is 11.4. The van der Waals surface area contributed by atoms with E-state index in [0.29, 0.717) is 0 Å². The molecule has 0 radical (unpaired) electrons. The van der Waals surface area contributed by atoms with E-state index in [1.54, 1.807) is 0 Å². The van der Waals surface area contributed by atoms with Gasteiger partial charge < -0.3 is 16.0 Å². The number of hydrogen-bond donors (Lipinski definition) is 2. The second-order valence-corrected chi connectivity index (χ2v) is 5.65. The van der Waals surface area contributed by atoms with Crippen molar-refractivity contribution in [3.63, 3.8) is 0 Å². The van der Waals surface area contributed by atoms with E-state index in [1.165, 1.54) is 6.42 Å². The van der Waals surface area contributed by atoms with Gasteiger partial charge in [-0.2, -0.15) is 0 Å². The largest absolute Gasteiger partial charge is 0.371 e. The minimum Gasteiger partial charge on any atom is -0.371 e. The molecular weight excluding hydrogens is 306 g/mol. The molecule has 5 heteroatoms. The van der Waals surface area contributed by atoms with Gasteiger partial charge in [-0.05, 0) is 41.4 Å². The van der Waals surface area contributed by atoms with E-state index < -0.39 is 6.04 Å². The molecule has 0 fully saturated rings. The Morgan fingerprint density at radius 3 is 2.79 bits per heavy atom. The number of amides is 1. The monoisotopic (exact) mass is 325 g/mol. The van der Waals surface area contributed by atoms with Crippen molar-refractivity contribution >= 4 is 33.2 Å². The summed E-state index contributed by atoms with van der Waals surface area (Å²) in [6.45, 7) is 6.28. The van der Waals surface area contributed by atoms with Gasteiger partial charge in [0.2, 0.25) is 5.91 Å². The second kappa shape index (κ2) is 5.92. The highest BCUT2D eigenvalue weighted by Gasteiger charge is 2.28. The first-order valence-electron chi connectivity index (χ1n) is 6.73. The van der Waals surface area contributed by atoms with Crippen molar-refractivity contribution in [2.45, 2.75) is 32.7 Å². The molecule has 1 unspecified atom stereocenters. The zero-order valence-corrected chi connectivity index (χ0v) is 13.0. The van der Waals surface area contributed by atoms with Crippen LogP contribution in [-0.2, 0) is 4.79 Å². The standard InChI is InChI=1S/C14H20BrN3O/c1-3-5-6-18(4-2)12-8-11-9(7-10(12)15)13(16)14(19)17-11/h7-8,13H,3-6,16H2,1-2H3,(H,17,19). The van der Waals surface area contributed by atoms with Crippen LogP contribution in [0.3, 0.4) is 0 Å². The Hall–Kier alpha value is -1.07. The molecule has 0 aliphatic carbocycles. The van der Waals surface area contributed by atoms with Gasteiger partial charge in [0.1, 0.15) is 6.04 Å². The van der Waals surface area contributed by atoms with Crippen molar-refractivity contribution in [1.29, 1.82) is 0 Å². The van der Waals surface area contributed by atoms with Crippen molar-refractivity contribution in [3.05, 3.63) is 22.2 Å². The van der Waals surface area contributed by atoms with Crippen LogP contribution in [0.1, 0.15) is 38.3 Å². The van der Waals surface area contributed by atoms with E-state index in [4.69, 9.17) is 5.73 Å². The predicted molar refractivity (Wildman–Crippen MR) is 82.5 cm³/mol. The maximum absolute atomic E-state index is 11.6. The van der Waals surface area contributed by atoms with Gasteiger partial charge in [0.15, 0.2) is 0 Å². The smallest absolute Gasteiger partial charge is 0.245 e. The second-order valence-electron chi connectivity index (χ2n) is 4.79. The molecule has 0 saturated carbocycles. The van der Waals surface area contributed by atoms with Gasteiger partial charge in [-0.15, -0.1) is 0 Å². The van der Waals surface area contributed by atoms with Gasteiger partial charge in [0.05, 0.1) is 5.69 Å². The summed E-state index contributed by atoms with van der Waals surface area (Å²) >= 11 is 3.59. The molecule has 3 N–H and O–H groups in total. The van der Waals surface area contributed by atoms with Crippen LogP contribution < -0.4 is 16.0 Å². The van der Waals surface area contributed by atoms with Gasteiger partial charge in [-0.1, -0.05) is 13.3 Å². The van der Waals surface area contributed by atoms with Crippen LogP contribution in [0.15, 0.2) is 16.6 Å². The number of nitrogens with one attached hydrogen (secondary N) is 1. The topological polar surface area (TPSA) is 58.4 Å². The molecule has 0 aromatic heterocycles. The average molecular weight is 326 g/mol. The number of hydrogen-bond acceptors (Lipinski definition) is 3. The number of benzene rings is 1. The summed E-state index contributed by atoms with van der Waals surface area (Å²) in [4.78, 5) is 13.9. The first-order chi connectivity index (χ1) is 9.08. The molecule has 1 aromatic rings. The van der Waals surface area contributed by atoms with Crippen LogP contribution in [0.2, 0.25) is 0 Å². The van der Waals surface area contributed by atoms with Gasteiger partial charge in [-0.25, -0.2) is 0 Å². The van der Waals surface area contributed by atoms with E-state index >= 15 is 0 Å². The molecule has 1 heterocycles. The molecule has 0 saturated heterocycles. The van der Waals surface area contributed by atoms with Gasteiger partial charge in [0, 0.05) is 28.8 Å². The van der Waals surface area contributed by atoms with Crippen LogP contribution >= 0.6 is 15.9 Å². The van der Waals surface area contributed by atoms with Crippen molar-refractivity contribution in [2.75, 3.05) is 23.3 Å². The molecule has 1 atom stereocenters. The van der Waals surface area contributed by atoms with Crippen molar-refractivity contribution in [1.82, 2.24) is 0 Å². The number of nitrogens with zero attached hydrogens (tertiary/aromatic N) is 1. The van der Waals surface area contributed by atoms with Crippen LogP contribution in [-0.4, -0.2) is 19.0 Å². The Morgan fingerprint density at radius 1 is 1.42 bits per heavy atom. The lowest BCUT2D eigenvalue weighted by molar-refractivity contribution is -0.116. The Balaban J connectivity index is 2.32. The molecule has 4 nitrogen and oxygen atoms in total. The zero-order chi connectivity index (χ0) is 14.0. The molecule has 0 bridgehead atoms. The quantitative estimate of drug-likeness (QED) is 0.874. The van der Waals surface area contributed by atoms with E-state index in [-0.39, 0.29) is 5.91 Å². The average Bonchev–Trinajstić information content (AvgIpc) is 2.66. The number of nitrogens with two attached hydrogens (primary N) is 1. The lowest BCUT2D eigenvalue weighted by Gasteiger charge is -2.25. The highest BCUT2D eigenvalue weighted by molar-refractivity contribution is 9.10. The molecule has 104 valence electrons. The summed E-state index contributed by atoms with van der Waals surface area (Å²) in [5.74, 6) is -0.129. The molecule has 1 amide bonds. The SMILES string of the molecule is CCCCN(CC)c1cc2c(cc1Br)C(N)C(=O)N2. The van der Waals surface area contributed by atoms with Gasteiger partial charge in [0.25, 0.3) is 0 Å². The molecule has 1 aliphatic rings. The molecule has 1 aliphatic heterocycles. The lowest BCUT2D eigenvalue weighted by Crippen LogP contribution is -2.24. The summed E-state index contributed by atoms with van der Waals surface area (Å²) < 4.78 is 0.996. The number of anilines is 2. The Labute approximate surface area is 122 Å². The highest BCUT2D eigenvalue weighted by atomic mass is 79.9. The summed E-state index contributed by atoms with van der Waals surface area (Å²) in [7, 11) is 0. The first kappa shape index (κ1) is 14.3. The Bertz CT molecular complexity index is 490. The summed E-state index contributed by atoms with van der Waals surface area (Å²) in [6.07, 6.45) is 2.32. The summed E-state index contributed by atoms with van der Waals surface area (Å²) in [5.41, 5.74) is 8.67. The van der Waals surface area contributed by atoms with Crippen LogP contribution in [0.25, 0.3) is 0 Å². The van der Waals surface area contributed by atoms with Gasteiger partial charge >= 0.3 is 0 Å². The number of halogens is 1. The van der Waals surface area contributed by atoms with E-state index in [2.05, 4.69) is 40.0 Å². The molecular formula is C14H20BrN3O. The molecule has 0 spiro atoms. The van der Waals surface area contributed by atoms with Crippen molar-refractivity contribution in [2.24, 2.45) is 5.73 Å². The van der Waals surface area contributed by atoms with Crippen molar-refractivity contribution < 1.29 is 4.79 Å². The third-order valence-corrected chi connectivity index (χ3v) is 4.13. The molecule has 1 aromatic carbocycles. The normalized spacial score (nSPS) is 17.3. The molecule has 19 heavy (non-hydrogen) atoms. The number of unbranched alkanes of at least 4 members (excludes halogenated alkanes) is 1. The fourth-order valence-electron chi connectivity index (χ4n) is 2.33. The number of carbonyl (C=O) groups excluding carboxylic acids is 1. The third-order valence-electron chi connectivity index (χ3n) is 3.50. The Morgan fingerprint density at radius 2 is 2.16 bits per heavy atom. The Kier molecular flexibility index (Phi) is 4.47. The third kappa shape index (κ3) is 2.77. The number of rotatable bonds is 5. The minimum absolute atomic E-state index is 0.129. The fourth-order valence-corrected chi connectivity index (χ4v) is 2.95. The summed E-state index contributed by atoms with van der Waals surface area (Å²) in [5, 5.41) is 2.84. The van der Waals surface area contributed by atoms with E-state index in [9.17, 15) is 4.79 Å². The fraction of sp³-hybridized carbons (Fsp3) is 0.500. The van der Waals surface area contributed by atoms with Crippen LogP contribution in [0.4, 0.5) is 11.4 Å². The van der Waals surface area contributed by atoms with Crippen LogP contribution in [0.5, 0.6) is 0 Å². The summed E-state index contributed by atoms with van der Waals surface area (Å²) in [6, 6.07) is 3.43. The maximum Gasteiger partial charge on any atom is 0.245 e. The highest BCUT2D eigenvalue weighted by Crippen LogP contribution is 2.38. The first-order valence-corrected chi connectivity index (χ1v) is 7.52. The maximum atomic E-state index is 11.6. The number of fused-ring (bicyclic) bond motifs is 1. The minimum atomic E-state index is -0.550. The predicted octanol–water partition coefficient (Wildman–Crippen LogP) is 3.03. The van der Waals surface area contributed by atoms with Crippen LogP contribution in [0, 0.1) is 0 Å². The van der Waals surface area contributed by atoms with E-state index in [0.717, 1.165) is 40.9 Å².